The highest BCUT2D eigenvalue weighted by Gasteiger charge is 2.11. The Labute approximate surface area is 136 Å². The Morgan fingerprint density at radius 1 is 1.50 bits per heavy atom. The minimum absolute atomic E-state index is 0.143. The first-order valence-corrected chi connectivity index (χ1v) is 8.06. The minimum Gasteiger partial charge on any atom is -0.448 e. The van der Waals surface area contributed by atoms with Crippen LogP contribution in [0.15, 0.2) is 12.4 Å². The third-order valence-corrected chi connectivity index (χ3v) is 3.17. The summed E-state index contributed by atoms with van der Waals surface area (Å²) in [5.41, 5.74) is 6.99. The zero-order valence-electron chi connectivity index (χ0n) is 12.6. The van der Waals surface area contributed by atoms with Crippen LogP contribution in [-0.2, 0) is 28.0 Å². The number of rotatable bonds is 6. The number of anilines is 1. The van der Waals surface area contributed by atoms with Crippen molar-refractivity contribution in [2.45, 2.75) is 19.9 Å². The average molecular weight is 357 g/mol. The van der Waals surface area contributed by atoms with Gasteiger partial charge in [0.15, 0.2) is 0 Å². The van der Waals surface area contributed by atoms with Gasteiger partial charge in [-0.1, -0.05) is 5.21 Å². The van der Waals surface area contributed by atoms with E-state index in [-0.39, 0.29) is 13.0 Å². The first-order chi connectivity index (χ1) is 11.2. The Morgan fingerprint density at radius 2 is 2.25 bits per heavy atom. The molecule has 2 aromatic rings. The molecule has 0 spiro atoms. The SMILES string of the molecule is Cc1ncc(Cn2cc(CCOC(=O)NS(=O)(=O)O)nn2)c(N)n1. The van der Waals surface area contributed by atoms with Crippen molar-refractivity contribution >= 4 is 22.2 Å². The van der Waals surface area contributed by atoms with Gasteiger partial charge in [0.25, 0.3) is 0 Å². The van der Waals surface area contributed by atoms with Crippen molar-refractivity contribution < 1.29 is 22.5 Å². The summed E-state index contributed by atoms with van der Waals surface area (Å²) in [6.07, 6.45) is 2.14. The molecule has 0 atom stereocenters. The monoisotopic (exact) mass is 357 g/mol. The molecule has 2 heterocycles. The second-order valence-electron chi connectivity index (χ2n) is 4.70. The second-order valence-corrected chi connectivity index (χ2v) is 5.85. The summed E-state index contributed by atoms with van der Waals surface area (Å²) in [5.74, 6) is 0.917. The molecular formula is C11H15N7O5S. The summed E-state index contributed by atoms with van der Waals surface area (Å²) in [5, 5.41) is 7.78. The number of nitrogens with zero attached hydrogens (tertiary/aromatic N) is 5. The fourth-order valence-corrected chi connectivity index (χ4v) is 1.99. The number of nitrogen functional groups attached to an aromatic ring is 1. The molecule has 130 valence electrons. The van der Waals surface area contributed by atoms with Gasteiger partial charge in [0.2, 0.25) is 0 Å². The molecule has 0 aliphatic rings. The number of carbonyl (C=O) groups is 1. The number of ether oxygens (including phenoxy) is 1. The van der Waals surface area contributed by atoms with Crippen molar-refractivity contribution in [3.8, 4) is 0 Å². The van der Waals surface area contributed by atoms with Crippen molar-refractivity contribution in [3.63, 3.8) is 0 Å². The van der Waals surface area contributed by atoms with Gasteiger partial charge in [0.1, 0.15) is 11.6 Å². The van der Waals surface area contributed by atoms with Crippen LogP contribution in [-0.4, -0.2) is 50.6 Å². The molecule has 0 unspecified atom stereocenters. The highest BCUT2D eigenvalue weighted by atomic mass is 32.2. The number of aryl methyl sites for hydroxylation is 1. The maximum atomic E-state index is 11.0. The first kappa shape index (κ1) is 17.6. The summed E-state index contributed by atoms with van der Waals surface area (Å²) in [4.78, 5) is 19.1. The van der Waals surface area contributed by atoms with Crippen molar-refractivity contribution in [1.29, 1.82) is 0 Å². The summed E-state index contributed by atoms with van der Waals surface area (Å²) in [6.45, 7) is 1.91. The topological polar surface area (TPSA) is 175 Å². The average Bonchev–Trinajstić information content (AvgIpc) is 2.87. The zero-order valence-corrected chi connectivity index (χ0v) is 13.4. The molecule has 2 aromatic heterocycles. The molecule has 0 fully saturated rings. The van der Waals surface area contributed by atoms with E-state index in [0.717, 1.165) is 0 Å². The van der Waals surface area contributed by atoms with Crippen LogP contribution in [0.4, 0.5) is 10.6 Å². The third-order valence-electron chi connectivity index (χ3n) is 2.74. The van der Waals surface area contributed by atoms with E-state index in [1.54, 1.807) is 19.3 Å². The predicted octanol–water partition coefficient (Wildman–Crippen LogP) is -0.921. The van der Waals surface area contributed by atoms with Crippen molar-refractivity contribution in [1.82, 2.24) is 29.7 Å². The molecule has 0 aromatic carbocycles. The Kier molecular flexibility index (Phi) is 5.25. The fraction of sp³-hybridized carbons (Fsp3) is 0.364. The highest BCUT2D eigenvalue weighted by Crippen LogP contribution is 2.09. The van der Waals surface area contributed by atoms with Gasteiger partial charge in [-0.25, -0.2) is 19.4 Å². The lowest BCUT2D eigenvalue weighted by Gasteiger charge is -2.04. The summed E-state index contributed by atoms with van der Waals surface area (Å²) in [7, 11) is -4.64. The molecule has 0 saturated heterocycles. The summed E-state index contributed by atoms with van der Waals surface area (Å²) < 4.78 is 36.5. The van der Waals surface area contributed by atoms with E-state index in [1.807, 2.05) is 0 Å². The molecule has 0 saturated carbocycles. The molecule has 0 radical (unpaired) electrons. The summed E-state index contributed by atoms with van der Waals surface area (Å²) in [6, 6.07) is 0. The maximum Gasteiger partial charge on any atom is 0.422 e. The van der Waals surface area contributed by atoms with Gasteiger partial charge in [-0.15, -0.1) is 5.10 Å². The Bertz CT molecular complexity index is 835. The predicted molar refractivity (Wildman–Crippen MR) is 80.0 cm³/mol. The van der Waals surface area contributed by atoms with E-state index < -0.39 is 16.4 Å². The number of aromatic nitrogens is 5. The van der Waals surface area contributed by atoms with Gasteiger partial charge in [-0.3, -0.25) is 4.55 Å². The fourth-order valence-electron chi connectivity index (χ4n) is 1.72. The number of nitrogens with two attached hydrogens (primary N) is 1. The van der Waals surface area contributed by atoms with Gasteiger partial charge in [0, 0.05) is 24.4 Å². The van der Waals surface area contributed by atoms with Crippen LogP contribution in [0.1, 0.15) is 17.1 Å². The molecule has 13 heteroatoms. The normalized spacial score (nSPS) is 11.2. The quantitative estimate of drug-likeness (QED) is 0.548. The van der Waals surface area contributed by atoms with E-state index in [0.29, 0.717) is 29.4 Å². The molecule has 2 rings (SSSR count). The van der Waals surface area contributed by atoms with Crippen LogP contribution < -0.4 is 10.5 Å². The molecular weight excluding hydrogens is 342 g/mol. The van der Waals surface area contributed by atoms with E-state index in [9.17, 15) is 13.2 Å². The van der Waals surface area contributed by atoms with Crippen LogP contribution in [0.5, 0.6) is 0 Å². The number of hydrogen-bond donors (Lipinski definition) is 3. The van der Waals surface area contributed by atoms with E-state index in [4.69, 9.17) is 10.3 Å². The minimum atomic E-state index is -4.64. The van der Waals surface area contributed by atoms with E-state index >= 15 is 0 Å². The molecule has 4 N–H and O–H groups in total. The van der Waals surface area contributed by atoms with Crippen LogP contribution in [0.3, 0.4) is 0 Å². The Morgan fingerprint density at radius 3 is 2.92 bits per heavy atom. The molecule has 0 aliphatic carbocycles. The van der Waals surface area contributed by atoms with Crippen LogP contribution in [0.25, 0.3) is 0 Å². The van der Waals surface area contributed by atoms with Crippen molar-refractivity contribution in [2.75, 3.05) is 12.3 Å². The van der Waals surface area contributed by atoms with Crippen LogP contribution in [0.2, 0.25) is 0 Å². The summed E-state index contributed by atoms with van der Waals surface area (Å²) >= 11 is 0. The number of nitrogens with one attached hydrogen (secondary N) is 1. The van der Waals surface area contributed by atoms with Gasteiger partial charge >= 0.3 is 16.4 Å². The maximum absolute atomic E-state index is 11.0. The number of amides is 1. The molecule has 0 bridgehead atoms. The Balaban J connectivity index is 1.86. The lowest BCUT2D eigenvalue weighted by atomic mass is 10.3. The van der Waals surface area contributed by atoms with Crippen LogP contribution in [0, 0.1) is 6.92 Å². The molecule has 24 heavy (non-hydrogen) atoms. The lowest BCUT2D eigenvalue weighted by Crippen LogP contribution is -2.30. The van der Waals surface area contributed by atoms with Crippen molar-refractivity contribution in [2.24, 2.45) is 0 Å². The Hall–Kier alpha value is -2.80. The first-order valence-electron chi connectivity index (χ1n) is 6.62. The highest BCUT2D eigenvalue weighted by molar-refractivity contribution is 7.84. The molecule has 1 amide bonds. The second kappa shape index (κ2) is 7.18. The molecule has 12 nitrogen and oxygen atoms in total. The van der Waals surface area contributed by atoms with Crippen LogP contribution >= 0.6 is 0 Å². The number of hydrogen-bond acceptors (Lipinski definition) is 9. The van der Waals surface area contributed by atoms with Crippen molar-refractivity contribution in [3.05, 3.63) is 29.5 Å². The standard InChI is InChI=1S/C11H15N7O5S/c1-7-13-4-8(10(12)14-7)5-18-6-9(15-17-18)2-3-23-11(19)16-24(20,21)22/h4,6H,2-3,5H2,1H3,(H,16,19)(H2,12,13,14)(H,20,21,22). The van der Waals surface area contributed by atoms with Gasteiger partial charge in [-0.05, 0) is 6.92 Å². The molecule has 0 aliphatic heterocycles. The van der Waals surface area contributed by atoms with Gasteiger partial charge < -0.3 is 10.5 Å². The zero-order chi connectivity index (χ0) is 17.7. The van der Waals surface area contributed by atoms with Gasteiger partial charge in [-0.2, -0.15) is 13.1 Å². The lowest BCUT2D eigenvalue weighted by molar-refractivity contribution is 0.153. The van der Waals surface area contributed by atoms with Gasteiger partial charge in [0.05, 0.1) is 18.8 Å². The smallest absolute Gasteiger partial charge is 0.422 e. The third kappa shape index (κ3) is 5.44. The van der Waals surface area contributed by atoms with E-state index in [2.05, 4.69) is 25.0 Å². The van der Waals surface area contributed by atoms with E-state index in [1.165, 1.54) is 9.40 Å². The largest absolute Gasteiger partial charge is 0.448 e. The number of carbonyl (C=O) groups excluding carboxylic acids is 1.